The van der Waals surface area contributed by atoms with Crippen molar-refractivity contribution in [1.29, 1.82) is 0 Å². The van der Waals surface area contributed by atoms with E-state index in [1.807, 2.05) is 21.0 Å². The Bertz CT molecular complexity index is 418. The number of rotatable bonds is 3. The van der Waals surface area contributed by atoms with Crippen LogP contribution in [0.4, 0.5) is 0 Å². The number of hydrogen-bond donors (Lipinski definition) is 1. The Hall–Kier alpha value is -0.580. The van der Waals surface area contributed by atoms with Crippen LogP contribution in [0.2, 0.25) is 5.02 Å². The molecule has 0 saturated carbocycles. The first-order valence-electron chi connectivity index (χ1n) is 6.06. The van der Waals surface area contributed by atoms with E-state index in [9.17, 15) is 5.11 Å². The van der Waals surface area contributed by atoms with Gasteiger partial charge in [-0.3, -0.25) is 4.68 Å². The van der Waals surface area contributed by atoms with Crippen molar-refractivity contribution < 1.29 is 5.11 Å². The molecule has 1 N–H and O–H groups in total. The average Bonchev–Trinajstić information content (AvgIpc) is 2.73. The highest BCUT2D eigenvalue weighted by Crippen LogP contribution is 2.29. The summed E-state index contributed by atoms with van der Waals surface area (Å²) in [7, 11) is 3.92. The number of halogens is 1. The van der Waals surface area contributed by atoms with Crippen molar-refractivity contribution in [1.82, 2.24) is 14.7 Å². The van der Waals surface area contributed by atoms with Crippen molar-refractivity contribution in [2.45, 2.75) is 31.8 Å². The van der Waals surface area contributed by atoms with Gasteiger partial charge in [0.25, 0.3) is 0 Å². The van der Waals surface area contributed by atoms with Gasteiger partial charge in [0, 0.05) is 26.6 Å². The van der Waals surface area contributed by atoms with E-state index in [0.29, 0.717) is 13.0 Å². The molecule has 1 aromatic heterocycles. The summed E-state index contributed by atoms with van der Waals surface area (Å²) in [4.78, 5) is 2.14. The zero-order chi connectivity index (χ0) is 12.6. The van der Waals surface area contributed by atoms with E-state index in [1.165, 1.54) is 0 Å². The Labute approximate surface area is 107 Å². The zero-order valence-electron chi connectivity index (χ0n) is 10.7. The van der Waals surface area contributed by atoms with Gasteiger partial charge in [0.2, 0.25) is 0 Å². The first-order chi connectivity index (χ1) is 7.95. The summed E-state index contributed by atoms with van der Waals surface area (Å²) < 4.78 is 1.80. The molecule has 0 radical (unpaired) electrons. The average molecular weight is 258 g/mol. The molecule has 96 valence electrons. The van der Waals surface area contributed by atoms with Gasteiger partial charge in [-0.25, -0.2) is 0 Å². The number of likely N-dealkylation sites (tertiary alicyclic amines) is 1. The summed E-state index contributed by atoms with van der Waals surface area (Å²) in [5.41, 5.74) is 1.21. The second-order valence-corrected chi connectivity index (χ2v) is 5.45. The van der Waals surface area contributed by atoms with Gasteiger partial charge >= 0.3 is 0 Å². The normalized spacial score (nSPS) is 25.7. The molecule has 1 aliphatic heterocycles. The van der Waals surface area contributed by atoms with Crippen molar-refractivity contribution in [3.8, 4) is 0 Å². The molecule has 2 heterocycles. The number of hydrogen-bond acceptors (Lipinski definition) is 3. The summed E-state index contributed by atoms with van der Waals surface area (Å²) in [6.45, 7) is 3.68. The largest absolute Gasteiger partial charge is 0.388 e. The van der Waals surface area contributed by atoms with Crippen molar-refractivity contribution in [2.24, 2.45) is 7.05 Å². The number of aromatic nitrogens is 2. The van der Waals surface area contributed by atoms with Crippen LogP contribution in [0.15, 0.2) is 0 Å². The second kappa shape index (κ2) is 4.59. The first kappa shape index (κ1) is 12.9. The van der Waals surface area contributed by atoms with Crippen LogP contribution in [0.5, 0.6) is 0 Å². The number of aryl methyl sites for hydroxylation is 2. The Morgan fingerprint density at radius 2 is 2.18 bits per heavy atom. The molecule has 1 fully saturated rings. The smallest absolute Gasteiger partial charge is 0.0850 e. The number of β-amino-alcohol motifs (C(OH)–C–C–N with tert-alkyl or cyclic N) is 1. The number of nitrogens with zero attached hydrogens (tertiary/aromatic N) is 3. The Balaban J connectivity index is 2.21. The lowest BCUT2D eigenvalue weighted by molar-refractivity contribution is 0.0505. The highest BCUT2D eigenvalue weighted by Gasteiger charge is 2.36. The third-order valence-electron chi connectivity index (χ3n) is 3.52. The van der Waals surface area contributed by atoms with Gasteiger partial charge in [0.15, 0.2) is 0 Å². The fourth-order valence-corrected chi connectivity index (χ4v) is 2.89. The second-order valence-electron chi connectivity index (χ2n) is 5.07. The standard InChI is InChI=1S/C12H20ClN3O/c1-4-9-11(13)10(16(3)14-9)7-12(17)5-6-15(2)8-12/h17H,4-8H2,1-3H3. The maximum Gasteiger partial charge on any atom is 0.0850 e. The predicted octanol–water partition coefficient (Wildman–Crippen LogP) is 1.25. The topological polar surface area (TPSA) is 41.3 Å². The molecule has 1 aromatic rings. The van der Waals surface area contributed by atoms with Crippen LogP contribution in [0.3, 0.4) is 0 Å². The van der Waals surface area contributed by atoms with Crippen LogP contribution in [-0.2, 0) is 19.9 Å². The molecule has 0 aromatic carbocycles. The monoisotopic (exact) mass is 257 g/mol. The lowest BCUT2D eigenvalue weighted by atomic mass is 9.96. The molecule has 1 unspecified atom stereocenters. The number of likely N-dealkylation sites (N-methyl/N-ethyl adjacent to an activating group) is 1. The van der Waals surface area contributed by atoms with Gasteiger partial charge in [-0.05, 0) is 19.9 Å². The maximum atomic E-state index is 10.5. The SMILES string of the molecule is CCc1nn(C)c(CC2(O)CCN(C)C2)c1Cl. The Morgan fingerprint density at radius 1 is 1.47 bits per heavy atom. The van der Waals surface area contributed by atoms with Crippen LogP contribution in [0.1, 0.15) is 24.7 Å². The minimum atomic E-state index is -0.656. The molecule has 1 atom stereocenters. The van der Waals surface area contributed by atoms with E-state index >= 15 is 0 Å². The van der Waals surface area contributed by atoms with Crippen LogP contribution in [-0.4, -0.2) is 45.5 Å². The molecule has 0 bridgehead atoms. The molecule has 0 amide bonds. The summed E-state index contributed by atoms with van der Waals surface area (Å²) >= 11 is 6.30. The van der Waals surface area contributed by atoms with E-state index < -0.39 is 5.60 Å². The third-order valence-corrected chi connectivity index (χ3v) is 3.96. The molecule has 17 heavy (non-hydrogen) atoms. The van der Waals surface area contributed by atoms with Crippen LogP contribution >= 0.6 is 11.6 Å². The summed E-state index contributed by atoms with van der Waals surface area (Å²) in [6, 6.07) is 0. The van der Waals surface area contributed by atoms with Gasteiger partial charge in [0.05, 0.1) is 22.0 Å². The fraction of sp³-hybridized carbons (Fsp3) is 0.750. The molecular weight excluding hydrogens is 238 g/mol. The molecule has 0 aliphatic carbocycles. The van der Waals surface area contributed by atoms with E-state index in [2.05, 4.69) is 10.00 Å². The molecule has 0 spiro atoms. The van der Waals surface area contributed by atoms with Crippen molar-refractivity contribution >= 4 is 11.6 Å². The fourth-order valence-electron chi connectivity index (χ4n) is 2.53. The van der Waals surface area contributed by atoms with Gasteiger partial charge in [-0.1, -0.05) is 18.5 Å². The molecule has 1 saturated heterocycles. The minimum Gasteiger partial charge on any atom is -0.388 e. The van der Waals surface area contributed by atoms with Crippen LogP contribution in [0, 0.1) is 0 Å². The first-order valence-corrected chi connectivity index (χ1v) is 6.44. The number of aliphatic hydroxyl groups is 1. The van der Waals surface area contributed by atoms with Gasteiger partial charge in [0.1, 0.15) is 0 Å². The van der Waals surface area contributed by atoms with Gasteiger partial charge in [-0.15, -0.1) is 0 Å². The summed E-state index contributed by atoms with van der Waals surface area (Å²) in [5.74, 6) is 0. The zero-order valence-corrected chi connectivity index (χ0v) is 11.5. The van der Waals surface area contributed by atoms with E-state index in [-0.39, 0.29) is 0 Å². The highest BCUT2D eigenvalue weighted by atomic mass is 35.5. The van der Waals surface area contributed by atoms with Crippen molar-refractivity contribution in [2.75, 3.05) is 20.1 Å². The quantitative estimate of drug-likeness (QED) is 0.886. The highest BCUT2D eigenvalue weighted by molar-refractivity contribution is 6.31. The molecule has 4 nitrogen and oxygen atoms in total. The third kappa shape index (κ3) is 2.49. The molecule has 5 heteroatoms. The van der Waals surface area contributed by atoms with E-state index in [1.54, 1.807) is 4.68 Å². The summed E-state index contributed by atoms with van der Waals surface area (Å²) in [5, 5.41) is 15.6. The lowest BCUT2D eigenvalue weighted by Crippen LogP contribution is -2.35. The van der Waals surface area contributed by atoms with Crippen LogP contribution < -0.4 is 0 Å². The molecular formula is C12H20ClN3O. The molecule has 2 rings (SSSR count). The summed E-state index contributed by atoms with van der Waals surface area (Å²) in [6.07, 6.45) is 2.21. The van der Waals surface area contributed by atoms with Crippen LogP contribution in [0.25, 0.3) is 0 Å². The minimum absolute atomic E-state index is 0.583. The Morgan fingerprint density at radius 3 is 2.65 bits per heavy atom. The predicted molar refractivity (Wildman–Crippen MR) is 68.4 cm³/mol. The molecule has 1 aliphatic rings. The van der Waals surface area contributed by atoms with E-state index in [4.69, 9.17) is 11.6 Å². The Kier molecular flexibility index (Phi) is 3.48. The maximum absolute atomic E-state index is 10.5. The van der Waals surface area contributed by atoms with Crippen molar-refractivity contribution in [3.05, 3.63) is 16.4 Å². The van der Waals surface area contributed by atoms with Gasteiger partial charge in [-0.2, -0.15) is 5.10 Å². The van der Waals surface area contributed by atoms with Crippen molar-refractivity contribution in [3.63, 3.8) is 0 Å². The van der Waals surface area contributed by atoms with E-state index in [0.717, 1.165) is 35.8 Å². The van der Waals surface area contributed by atoms with Gasteiger partial charge < -0.3 is 10.0 Å². The lowest BCUT2D eigenvalue weighted by Gasteiger charge is -2.22.